The predicted octanol–water partition coefficient (Wildman–Crippen LogP) is 0.875. The van der Waals surface area contributed by atoms with Gasteiger partial charge in [0.15, 0.2) is 0 Å². The molecule has 6 heteroatoms. The standard InChI is InChI=1S/C12H17N5O/c1-4-17-9(2)10(6-15-17)5-13-12(18)11-7-14-16(3)8-11/h6-8H,4-5H2,1-3H3,(H,13,18). The van der Waals surface area contributed by atoms with E-state index in [0.717, 1.165) is 17.8 Å². The molecule has 0 saturated heterocycles. The fourth-order valence-corrected chi connectivity index (χ4v) is 1.79. The molecule has 0 unspecified atom stereocenters. The van der Waals surface area contributed by atoms with Gasteiger partial charge in [0.05, 0.1) is 18.0 Å². The topological polar surface area (TPSA) is 64.7 Å². The molecule has 0 aliphatic heterocycles. The largest absolute Gasteiger partial charge is 0.348 e. The summed E-state index contributed by atoms with van der Waals surface area (Å²) in [6.45, 7) is 5.36. The van der Waals surface area contributed by atoms with E-state index in [-0.39, 0.29) is 5.91 Å². The Morgan fingerprint density at radius 3 is 2.72 bits per heavy atom. The van der Waals surface area contributed by atoms with E-state index in [9.17, 15) is 4.79 Å². The first-order valence-corrected chi connectivity index (χ1v) is 5.90. The molecule has 2 heterocycles. The van der Waals surface area contributed by atoms with Gasteiger partial charge in [0, 0.05) is 37.6 Å². The van der Waals surface area contributed by atoms with Crippen LogP contribution < -0.4 is 5.32 Å². The second-order valence-corrected chi connectivity index (χ2v) is 4.16. The molecule has 96 valence electrons. The number of aromatic nitrogens is 4. The van der Waals surface area contributed by atoms with E-state index in [2.05, 4.69) is 15.5 Å². The van der Waals surface area contributed by atoms with Gasteiger partial charge in [-0.2, -0.15) is 10.2 Å². The number of aryl methyl sites for hydroxylation is 2. The Balaban J connectivity index is 1.99. The summed E-state index contributed by atoms with van der Waals surface area (Å²) in [4.78, 5) is 11.8. The minimum Gasteiger partial charge on any atom is -0.348 e. The van der Waals surface area contributed by atoms with Crippen LogP contribution in [0, 0.1) is 6.92 Å². The first-order chi connectivity index (χ1) is 8.61. The van der Waals surface area contributed by atoms with Gasteiger partial charge in [0.25, 0.3) is 5.91 Å². The molecule has 0 fully saturated rings. The molecule has 0 spiro atoms. The molecule has 0 aliphatic rings. The summed E-state index contributed by atoms with van der Waals surface area (Å²) in [6.07, 6.45) is 5.04. The first kappa shape index (κ1) is 12.3. The molecule has 0 aromatic carbocycles. The van der Waals surface area contributed by atoms with E-state index in [4.69, 9.17) is 0 Å². The lowest BCUT2D eigenvalue weighted by atomic mass is 10.2. The molecule has 2 aromatic heterocycles. The Morgan fingerprint density at radius 2 is 2.17 bits per heavy atom. The van der Waals surface area contributed by atoms with Gasteiger partial charge in [-0.25, -0.2) is 0 Å². The lowest BCUT2D eigenvalue weighted by Gasteiger charge is -2.04. The summed E-state index contributed by atoms with van der Waals surface area (Å²) < 4.78 is 3.51. The molecule has 1 amide bonds. The molecule has 2 aromatic rings. The zero-order valence-corrected chi connectivity index (χ0v) is 10.8. The molecular formula is C12H17N5O. The average molecular weight is 247 g/mol. The number of carbonyl (C=O) groups excluding carboxylic acids is 1. The number of hydrogen-bond acceptors (Lipinski definition) is 3. The van der Waals surface area contributed by atoms with Crippen molar-refractivity contribution in [3.05, 3.63) is 35.4 Å². The Kier molecular flexibility index (Phi) is 3.45. The van der Waals surface area contributed by atoms with Gasteiger partial charge in [-0.1, -0.05) is 0 Å². The number of amides is 1. The lowest BCUT2D eigenvalue weighted by molar-refractivity contribution is 0.0951. The highest BCUT2D eigenvalue weighted by Crippen LogP contribution is 2.07. The average Bonchev–Trinajstić information content (AvgIpc) is 2.93. The van der Waals surface area contributed by atoms with Crippen molar-refractivity contribution >= 4 is 5.91 Å². The molecule has 6 nitrogen and oxygen atoms in total. The van der Waals surface area contributed by atoms with Crippen LogP contribution in [0.15, 0.2) is 18.6 Å². The molecular weight excluding hydrogens is 230 g/mol. The van der Waals surface area contributed by atoms with Crippen molar-refractivity contribution in [3.8, 4) is 0 Å². The molecule has 0 saturated carbocycles. The maximum atomic E-state index is 11.8. The van der Waals surface area contributed by atoms with Gasteiger partial charge < -0.3 is 5.32 Å². The highest BCUT2D eigenvalue weighted by Gasteiger charge is 2.09. The summed E-state index contributed by atoms with van der Waals surface area (Å²) in [7, 11) is 1.78. The SMILES string of the molecule is CCn1ncc(CNC(=O)c2cnn(C)c2)c1C. The first-order valence-electron chi connectivity index (χ1n) is 5.90. The van der Waals surface area contributed by atoms with Crippen LogP contribution >= 0.6 is 0 Å². The van der Waals surface area contributed by atoms with Crippen LogP contribution in [0.5, 0.6) is 0 Å². The smallest absolute Gasteiger partial charge is 0.254 e. The van der Waals surface area contributed by atoms with E-state index in [1.54, 1.807) is 30.3 Å². The highest BCUT2D eigenvalue weighted by molar-refractivity contribution is 5.93. The van der Waals surface area contributed by atoms with Gasteiger partial charge in [-0.3, -0.25) is 14.2 Å². The Hall–Kier alpha value is -2.11. The third-order valence-electron chi connectivity index (χ3n) is 2.91. The van der Waals surface area contributed by atoms with Gasteiger partial charge in [0.2, 0.25) is 0 Å². The fourth-order valence-electron chi connectivity index (χ4n) is 1.79. The molecule has 1 N–H and O–H groups in total. The van der Waals surface area contributed by atoms with Crippen LogP contribution in [0.2, 0.25) is 0 Å². The normalized spacial score (nSPS) is 10.6. The molecule has 0 radical (unpaired) electrons. The third-order valence-corrected chi connectivity index (χ3v) is 2.91. The van der Waals surface area contributed by atoms with Crippen LogP contribution in [0.4, 0.5) is 0 Å². The zero-order chi connectivity index (χ0) is 13.1. The Labute approximate surface area is 106 Å². The summed E-state index contributed by atoms with van der Waals surface area (Å²) in [5.41, 5.74) is 2.69. The minimum atomic E-state index is -0.119. The van der Waals surface area contributed by atoms with Crippen molar-refractivity contribution in [3.63, 3.8) is 0 Å². The molecule has 0 aliphatic carbocycles. The summed E-state index contributed by atoms with van der Waals surface area (Å²) in [6, 6.07) is 0. The van der Waals surface area contributed by atoms with Crippen molar-refractivity contribution in [1.29, 1.82) is 0 Å². The maximum absolute atomic E-state index is 11.8. The maximum Gasteiger partial charge on any atom is 0.254 e. The van der Waals surface area contributed by atoms with Crippen LogP contribution in [-0.4, -0.2) is 25.5 Å². The van der Waals surface area contributed by atoms with Gasteiger partial charge in [-0.15, -0.1) is 0 Å². The number of nitrogens with one attached hydrogen (secondary N) is 1. The molecule has 18 heavy (non-hydrogen) atoms. The number of nitrogens with zero attached hydrogens (tertiary/aromatic N) is 4. The summed E-state index contributed by atoms with van der Waals surface area (Å²) in [5.74, 6) is -0.119. The quantitative estimate of drug-likeness (QED) is 0.872. The van der Waals surface area contributed by atoms with Crippen molar-refractivity contribution in [2.45, 2.75) is 26.9 Å². The van der Waals surface area contributed by atoms with Crippen LogP contribution in [0.3, 0.4) is 0 Å². The van der Waals surface area contributed by atoms with E-state index >= 15 is 0 Å². The highest BCUT2D eigenvalue weighted by atomic mass is 16.1. The number of rotatable bonds is 4. The van der Waals surface area contributed by atoms with Crippen molar-refractivity contribution in [2.75, 3.05) is 0 Å². The van der Waals surface area contributed by atoms with Crippen LogP contribution in [0.25, 0.3) is 0 Å². The second-order valence-electron chi connectivity index (χ2n) is 4.16. The summed E-state index contributed by atoms with van der Waals surface area (Å²) in [5, 5.41) is 11.1. The predicted molar refractivity (Wildman–Crippen MR) is 67.0 cm³/mol. The second kappa shape index (κ2) is 5.03. The summed E-state index contributed by atoms with van der Waals surface area (Å²) >= 11 is 0. The van der Waals surface area contributed by atoms with Gasteiger partial charge in [0.1, 0.15) is 0 Å². The fraction of sp³-hybridized carbons (Fsp3) is 0.417. The van der Waals surface area contributed by atoms with Crippen molar-refractivity contribution in [2.24, 2.45) is 7.05 Å². The Bertz CT molecular complexity index is 555. The lowest BCUT2D eigenvalue weighted by Crippen LogP contribution is -2.22. The molecule has 0 atom stereocenters. The van der Waals surface area contributed by atoms with Crippen molar-refractivity contribution in [1.82, 2.24) is 24.9 Å². The van der Waals surface area contributed by atoms with E-state index in [1.807, 2.05) is 18.5 Å². The van der Waals surface area contributed by atoms with Crippen LogP contribution in [-0.2, 0) is 20.1 Å². The minimum absolute atomic E-state index is 0.119. The van der Waals surface area contributed by atoms with E-state index in [1.165, 1.54) is 0 Å². The van der Waals surface area contributed by atoms with Crippen molar-refractivity contribution < 1.29 is 4.79 Å². The third kappa shape index (κ3) is 2.42. The molecule has 2 rings (SSSR count). The van der Waals surface area contributed by atoms with Gasteiger partial charge in [-0.05, 0) is 13.8 Å². The number of carbonyl (C=O) groups is 1. The Morgan fingerprint density at radius 1 is 1.39 bits per heavy atom. The van der Waals surface area contributed by atoms with Crippen LogP contribution in [0.1, 0.15) is 28.5 Å². The van der Waals surface area contributed by atoms with E-state index in [0.29, 0.717) is 12.1 Å². The number of hydrogen-bond donors (Lipinski definition) is 1. The zero-order valence-electron chi connectivity index (χ0n) is 10.8. The molecule has 0 bridgehead atoms. The van der Waals surface area contributed by atoms with Gasteiger partial charge >= 0.3 is 0 Å². The van der Waals surface area contributed by atoms with E-state index < -0.39 is 0 Å². The monoisotopic (exact) mass is 247 g/mol.